The zero-order valence-corrected chi connectivity index (χ0v) is 22.7. The van der Waals surface area contributed by atoms with E-state index in [4.69, 9.17) is 16.2 Å². The molecule has 0 radical (unpaired) electrons. The van der Waals surface area contributed by atoms with Crippen LogP contribution < -0.4 is 22.2 Å². The van der Waals surface area contributed by atoms with Crippen LogP contribution in [-0.4, -0.2) is 38.2 Å². The van der Waals surface area contributed by atoms with Gasteiger partial charge in [-0.25, -0.2) is 9.97 Å². The summed E-state index contributed by atoms with van der Waals surface area (Å²) in [6, 6.07) is 14.5. The number of pyridine rings is 1. The number of amides is 1. The van der Waals surface area contributed by atoms with Crippen LogP contribution in [0.3, 0.4) is 0 Å². The largest absolute Gasteiger partial charge is 0.399 e. The zero-order chi connectivity index (χ0) is 28.5. The Morgan fingerprint density at radius 2 is 1.63 bits per heavy atom. The fourth-order valence-electron chi connectivity index (χ4n) is 5.38. The van der Waals surface area contributed by atoms with Gasteiger partial charge >= 0.3 is 0 Å². The summed E-state index contributed by atoms with van der Waals surface area (Å²) in [5.41, 5.74) is 16.6. The Balaban J connectivity index is 1.30. The van der Waals surface area contributed by atoms with Crippen molar-refractivity contribution in [2.75, 3.05) is 30.0 Å². The van der Waals surface area contributed by atoms with Gasteiger partial charge in [-0.1, -0.05) is 24.3 Å². The topological polar surface area (TPSA) is 143 Å². The minimum absolute atomic E-state index is 0.0782. The Morgan fingerprint density at radius 1 is 0.951 bits per heavy atom. The first-order valence-corrected chi connectivity index (χ1v) is 13.5. The number of nitrogens with zero attached hydrogens (tertiary/aromatic N) is 4. The molecule has 208 valence electrons. The van der Waals surface area contributed by atoms with Gasteiger partial charge in [0.15, 0.2) is 0 Å². The van der Waals surface area contributed by atoms with E-state index >= 15 is 0 Å². The van der Waals surface area contributed by atoms with Crippen molar-refractivity contribution in [3.05, 3.63) is 89.2 Å². The van der Waals surface area contributed by atoms with Gasteiger partial charge in [-0.15, -0.1) is 0 Å². The van der Waals surface area contributed by atoms with Gasteiger partial charge in [-0.3, -0.25) is 9.59 Å². The molecule has 1 amide bonds. The van der Waals surface area contributed by atoms with Crippen LogP contribution >= 0.6 is 0 Å². The number of rotatable bonds is 6. The lowest BCUT2D eigenvalue weighted by Gasteiger charge is -2.23. The number of carbonyl (C=O) groups excluding carboxylic acids is 1. The van der Waals surface area contributed by atoms with Crippen LogP contribution in [0, 0.1) is 5.92 Å². The predicted molar refractivity (Wildman–Crippen MR) is 160 cm³/mol. The summed E-state index contributed by atoms with van der Waals surface area (Å²) in [6.45, 7) is 2.13. The Kier molecular flexibility index (Phi) is 6.98. The number of aromatic nitrogens is 4. The van der Waals surface area contributed by atoms with E-state index in [1.54, 1.807) is 42.6 Å². The SMILES string of the molecule is Cn1cc(-c2ccc(NC(=O)c3cn(CC4CCOCC4)cc(-c4ccc(N)cc4)c3=O)cc2)c2c(N)ncnc21. The van der Waals surface area contributed by atoms with E-state index < -0.39 is 5.91 Å². The van der Waals surface area contributed by atoms with Crippen molar-refractivity contribution in [2.45, 2.75) is 19.4 Å². The Hall–Kier alpha value is -4.96. The number of ether oxygens (including phenoxy) is 1. The van der Waals surface area contributed by atoms with Crippen molar-refractivity contribution < 1.29 is 9.53 Å². The van der Waals surface area contributed by atoms with Crippen molar-refractivity contribution in [1.82, 2.24) is 19.1 Å². The highest BCUT2D eigenvalue weighted by molar-refractivity contribution is 6.05. The average molecular weight is 550 g/mol. The van der Waals surface area contributed by atoms with Crippen LogP contribution in [0.15, 0.2) is 78.2 Å². The van der Waals surface area contributed by atoms with Crippen molar-refractivity contribution in [3.63, 3.8) is 0 Å². The Morgan fingerprint density at radius 3 is 2.37 bits per heavy atom. The Bertz CT molecular complexity index is 1780. The predicted octanol–water partition coefficient (Wildman–Crippen LogP) is 4.31. The van der Waals surface area contributed by atoms with Gasteiger partial charge in [0.2, 0.25) is 5.43 Å². The maximum Gasteiger partial charge on any atom is 0.261 e. The quantitative estimate of drug-likeness (QED) is 0.268. The van der Waals surface area contributed by atoms with E-state index in [-0.39, 0.29) is 11.0 Å². The smallest absolute Gasteiger partial charge is 0.261 e. The molecule has 4 heterocycles. The standard InChI is InChI=1S/C31H31N7O3/c1-37-15-24(27-29(33)34-18-35-30(27)37)20-4-8-23(9-5-20)36-31(40)26-17-38(14-19-10-12-41-13-11-19)16-25(28(26)39)21-2-6-22(32)7-3-21/h2-9,15-19H,10-14,32H2,1H3,(H,36,40)(H2,33,34,35). The number of nitrogens with one attached hydrogen (secondary N) is 1. The summed E-state index contributed by atoms with van der Waals surface area (Å²) in [6.07, 6.45) is 8.75. The molecule has 0 aliphatic carbocycles. The molecule has 5 aromatic rings. The minimum Gasteiger partial charge on any atom is -0.399 e. The fourth-order valence-corrected chi connectivity index (χ4v) is 5.38. The zero-order valence-electron chi connectivity index (χ0n) is 22.7. The highest BCUT2D eigenvalue weighted by Crippen LogP contribution is 2.32. The second-order valence-electron chi connectivity index (χ2n) is 10.4. The fraction of sp³-hybridized carbons (Fsp3) is 0.226. The van der Waals surface area contributed by atoms with Crippen LogP contribution in [-0.2, 0) is 18.3 Å². The van der Waals surface area contributed by atoms with E-state index in [1.165, 1.54) is 6.33 Å². The third kappa shape index (κ3) is 5.29. The summed E-state index contributed by atoms with van der Waals surface area (Å²) in [7, 11) is 1.90. The molecule has 2 aromatic carbocycles. The highest BCUT2D eigenvalue weighted by Gasteiger charge is 2.20. The molecule has 3 aromatic heterocycles. The number of nitrogen functional groups attached to an aromatic ring is 2. The lowest BCUT2D eigenvalue weighted by molar-refractivity contribution is 0.0612. The molecule has 6 rings (SSSR count). The first-order chi connectivity index (χ1) is 19.9. The Labute approximate surface area is 236 Å². The number of carbonyl (C=O) groups is 1. The maximum absolute atomic E-state index is 13.6. The van der Waals surface area contributed by atoms with E-state index in [9.17, 15) is 9.59 Å². The van der Waals surface area contributed by atoms with E-state index in [2.05, 4.69) is 15.3 Å². The number of hydrogen-bond donors (Lipinski definition) is 3. The van der Waals surface area contributed by atoms with Crippen molar-refractivity contribution in [3.8, 4) is 22.3 Å². The van der Waals surface area contributed by atoms with Gasteiger partial charge in [0.05, 0.1) is 5.39 Å². The van der Waals surface area contributed by atoms with Crippen LogP contribution in [0.5, 0.6) is 0 Å². The van der Waals surface area contributed by atoms with Crippen LogP contribution in [0.25, 0.3) is 33.3 Å². The minimum atomic E-state index is -0.469. The molecule has 41 heavy (non-hydrogen) atoms. The van der Waals surface area contributed by atoms with Crippen molar-refractivity contribution >= 4 is 34.1 Å². The summed E-state index contributed by atoms with van der Waals surface area (Å²) in [4.78, 5) is 35.5. The van der Waals surface area contributed by atoms with Gasteiger partial charge in [0.25, 0.3) is 5.91 Å². The molecule has 0 unspecified atom stereocenters. The number of nitrogens with two attached hydrogens (primary N) is 2. The molecule has 5 N–H and O–H groups in total. The van der Waals surface area contributed by atoms with Gasteiger partial charge in [-0.2, -0.15) is 0 Å². The van der Waals surface area contributed by atoms with Crippen LogP contribution in [0.1, 0.15) is 23.2 Å². The lowest BCUT2D eigenvalue weighted by atomic mass is 9.99. The lowest BCUT2D eigenvalue weighted by Crippen LogP contribution is -2.26. The van der Waals surface area contributed by atoms with Crippen molar-refractivity contribution in [2.24, 2.45) is 13.0 Å². The molecule has 0 spiro atoms. The molecule has 1 aliphatic rings. The van der Waals surface area contributed by atoms with Crippen LogP contribution in [0.4, 0.5) is 17.2 Å². The third-order valence-electron chi connectivity index (χ3n) is 7.59. The third-order valence-corrected chi connectivity index (χ3v) is 7.59. The molecule has 10 heteroatoms. The first kappa shape index (κ1) is 26.3. The summed E-state index contributed by atoms with van der Waals surface area (Å²) >= 11 is 0. The number of anilines is 3. The van der Waals surface area contributed by atoms with E-state index in [1.807, 2.05) is 40.7 Å². The van der Waals surface area contributed by atoms with E-state index in [0.717, 1.165) is 48.2 Å². The number of fused-ring (bicyclic) bond motifs is 1. The molecule has 0 atom stereocenters. The van der Waals surface area contributed by atoms with Gasteiger partial charge < -0.3 is 30.7 Å². The van der Waals surface area contributed by atoms with Crippen molar-refractivity contribution in [1.29, 1.82) is 0 Å². The molecular formula is C31H31N7O3. The molecule has 0 bridgehead atoms. The summed E-state index contributed by atoms with van der Waals surface area (Å²) in [5, 5.41) is 3.68. The highest BCUT2D eigenvalue weighted by atomic mass is 16.5. The molecule has 1 fully saturated rings. The number of hydrogen-bond acceptors (Lipinski definition) is 7. The molecule has 0 saturated carbocycles. The number of aryl methyl sites for hydroxylation is 1. The maximum atomic E-state index is 13.6. The normalized spacial score (nSPS) is 13.9. The molecule has 1 aliphatic heterocycles. The van der Waals surface area contributed by atoms with Gasteiger partial charge in [0, 0.05) is 67.9 Å². The monoisotopic (exact) mass is 549 g/mol. The second-order valence-corrected chi connectivity index (χ2v) is 10.4. The molecular weight excluding hydrogens is 518 g/mol. The molecule has 1 saturated heterocycles. The van der Waals surface area contributed by atoms with Crippen LogP contribution in [0.2, 0.25) is 0 Å². The van der Waals surface area contributed by atoms with E-state index in [0.29, 0.717) is 40.8 Å². The first-order valence-electron chi connectivity index (χ1n) is 13.5. The average Bonchev–Trinajstić information content (AvgIpc) is 3.32. The summed E-state index contributed by atoms with van der Waals surface area (Å²) < 4.78 is 9.36. The summed E-state index contributed by atoms with van der Waals surface area (Å²) in [5.74, 6) is 0.340. The van der Waals surface area contributed by atoms with Gasteiger partial charge in [0.1, 0.15) is 23.4 Å². The van der Waals surface area contributed by atoms with Gasteiger partial charge in [-0.05, 0) is 54.2 Å². The number of benzene rings is 2. The molecule has 10 nitrogen and oxygen atoms in total. The second kappa shape index (κ2) is 10.9.